The molecule has 1 aromatic carbocycles. The molecule has 0 heterocycles. The third-order valence-electron chi connectivity index (χ3n) is 13.5. The van der Waals surface area contributed by atoms with Crippen molar-refractivity contribution in [1.82, 2.24) is 0 Å². The maximum absolute atomic E-state index is 2.78. The predicted molar refractivity (Wildman–Crippen MR) is 188 cm³/mol. The summed E-state index contributed by atoms with van der Waals surface area (Å²) in [6.45, 7) is 22.5. The fraction of sp³-hybridized carbons (Fsp3) is 0.850. The van der Waals surface area contributed by atoms with Gasteiger partial charge in [-0.05, 0) is 168 Å². The molecule has 8 aliphatic carbocycles. The Labute approximate surface area is 263 Å². The van der Waals surface area contributed by atoms with E-state index in [1.54, 1.807) is 88.2 Å². The Hall–Kier alpha value is 0.0800. The van der Waals surface area contributed by atoms with E-state index in [-0.39, 0.29) is 21.3 Å². The second-order valence-electron chi connectivity index (χ2n) is 20.0. The van der Waals surface area contributed by atoms with Crippen molar-refractivity contribution in [2.75, 3.05) is 0 Å². The van der Waals surface area contributed by atoms with Gasteiger partial charge in [-0.15, -0.1) is 0 Å². The quantitative estimate of drug-likeness (QED) is 0.283. The average Bonchev–Trinajstić information content (AvgIpc) is 2.82. The smallest absolute Gasteiger partial charge is 0.00601 e. The third kappa shape index (κ3) is 5.54. The van der Waals surface area contributed by atoms with E-state index in [0.29, 0.717) is 20.6 Å². The standard InChI is InChI=1S/C40H64P2/c1-36(2,3)35-11-10-33(25-41(37(4,5)6)38(7,8)9)34(18-35)26-42(39-19-27-12-28(20-39)14-29(13-27)21-39)40-22-30-15-31(23-40)17-32(16-30)24-40/h10-11,18,27-32H,12-17,19-26H2,1-9H3. The molecule has 42 heavy (non-hydrogen) atoms. The number of hydrogen-bond donors (Lipinski definition) is 0. The molecule has 9 rings (SSSR count). The van der Waals surface area contributed by atoms with Crippen LogP contribution < -0.4 is 0 Å². The molecule has 0 spiro atoms. The molecule has 2 heteroatoms. The number of hydrogen-bond acceptors (Lipinski definition) is 0. The molecule has 0 amide bonds. The molecule has 8 saturated carbocycles. The molecule has 234 valence electrons. The summed E-state index contributed by atoms with van der Waals surface area (Å²) >= 11 is 0. The van der Waals surface area contributed by atoms with Gasteiger partial charge in [-0.25, -0.2) is 0 Å². The van der Waals surface area contributed by atoms with Gasteiger partial charge in [-0.3, -0.25) is 0 Å². The van der Waals surface area contributed by atoms with E-state index in [4.69, 9.17) is 0 Å². The first-order valence-electron chi connectivity index (χ1n) is 18.2. The minimum absolute atomic E-state index is 0.0236. The lowest BCUT2D eigenvalue weighted by Gasteiger charge is -2.67. The molecule has 0 unspecified atom stereocenters. The number of rotatable bonds is 6. The van der Waals surface area contributed by atoms with Crippen molar-refractivity contribution >= 4 is 15.8 Å². The van der Waals surface area contributed by atoms with E-state index in [0.717, 1.165) is 35.5 Å². The molecule has 0 aromatic heterocycles. The Morgan fingerprint density at radius 2 is 0.929 bits per heavy atom. The van der Waals surface area contributed by atoms with Gasteiger partial charge in [0, 0.05) is 0 Å². The average molecular weight is 607 g/mol. The molecular formula is C40H64P2. The summed E-state index contributed by atoms with van der Waals surface area (Å²) in [5.41, 5.74) is 5.38. The molecule has 0 aliphatic heterocycles. The molecule has 1 aromatic rings. The Morgan fingerprint density at radius 1 is 0.548 bits per heavy atom. The zero-order valence-electron chi connectivity index (χ0n) is 29.0. The van der Waals surface area contributed by atoms with Gasteiger partial charge in [0.1, 0.15) is 0 Å². The van der Waals surface area contributed by atoms with Crippen molar-refractivity contribution in [1.29, 1.82) is 0 Å². The molecule has 8 bridgehead atoms. The lowest BCUT2D eigenvalue weighted by molar-refractivity contribution is 0.0184. The van der Waals surface area contributed by atoms with Crippen LogP contribution in [0.5, 0.6) is 0 Å². The highest BCUT2D eigenvalue weighted by Gasteiger charge is 2.62. The first-order valence-corrected chi connectivity index (χ1v) is 21.2. The highest BCUT2D eigenvalue weighted by atomic mass is 31.1. The van der Waals surface area contributed by atoms with Gasteiger partial charge in [0.05, 0.1) is 0 Å². The number of benzene rings is 1. The second kappa shape index (κ2) is 10.3. The van der Waals surface area contributed by atoms with Crippen molar-refractivity contribution in [2.45, 2.75) is 178 Å². The van der Waals surface area contributed by atoms with Crippen molar-refractivity contribution in [2.24, 2.45) is 35.5 Å². The summed E-state index contributed by atoms with van der Waals surface area (Å²) in [5.74, 6) is 6.45. The summed E-state index contributed by atoms with van der Waals surface area (Å²) in [4.78, 5) is 0. The minimum atomic E-state index is -0.145. The fourth-order valence-corrected chi connectivity index (χ4v) is 21.6. The molecule has 0 radical (unpaired) electrons. The molecule has 8 aliphatic rings. The Balaban J connectivity index is 1.33. The topological polar surface area (TPSA) is 0 Å². The van der Waals surface area contributed by atoms with Crippen LogP contribution in [0.2, 0.25) is 0 Å². The largest absolute Gasteiger partial charge is 0.0911 e. The highest BCUT2D eigenvalue weighted by molar-refractivity contribution is 7.60. The zero-order chi connectivity index (χ0) is 29.9. The van der Waals surface area contributed by atoms with Crippen molar-refractivity contribution in [3.63, 3.8) is 0 Å². The summed E-state index contributed by atoms with van der Waals surface area (Å²) in [6.07, 6.45) is 22.1. The Kier molecular flexibility index (Phi) is 7.53. The van der Waals surface area contributed by atoms with Gasteiger partial charge in [-0.2, -0.15) is 0 Å². The maximum Gasteiger partial charge on any atom is -0.00601 e. The van der Waals surface area contributed by atoms with Gasteiger partial charge in [0.15, 0.2) is 0 Å². The summed E-state index contributed by atoms with van der Waals surface area (Å²) in [6, 6.07) is 7.97. The lowest BCUT2D eigenvalue weighted by atomic mass is 9.55. The SMILES string of the molecule is CC(C)(C)c1ccc(CP(C(C)(C)C)C(C)(C)C)c(CP(C23CC4CC(CC(C4)C2)C3)C23CC4CC(CC(C4)C2)C3)c1. The van der Waals surface area contributed by atoms with Crippen LogP contribution in [0.25, 0.3) is 0 Å². The van der Waals surface area contributed by atoms with Crippen molar-refractivity contribution in [3.05, 3.63) is 34.9 Å². The fourth-order valence-electron chi connectivity index (χ4n) is 12.8. The molecular weight excluding hydrogens is 542 g/mol. The Bertz CT molecular complexity index is 1040. The molecule has 0 N–H and O–H groups in total. The monoisotopic (exact) mass is 606 g/mol. The molecule has 0 atom stereocenters. The first kappa shape index (κ1) is 30.7. The predicted octanol–water partition coefficient (Wildman–Crippen LogP) is 12.5. The summed E-state index contributed by atoms with van der Waals surface area (Å²) in [7, 11) is -0.168. The zero-order valence-corrected chi connectivity index (χ0v) is 30.8. The van der Waals surface area contributed by atoms with Crippen LogP contribution in [0.15, 0.2) is 18.2 Å². The second-order valence-corrected chi connectivity index (χ2v) is 27.0. The van der Waals surface area contributed by atoms with Crippen molar-refractivity contribution < 1.29 is 0 Å². The Morgan fingerprint density at radius 3 is 1.26 bits per heavy atom. The van der Waals surface area contributed by atoms with Crippen molar-refractivity contribution in [3.8, 4) is 0 Å². The van der Waals surface area contributed by atoms with Crippen LogP contribution in [0.1, 0.15) is 156 Å². The van der Waals surface area contributed by atoms with E-state index >= 15 is 0 Å². The highest BCUT2D eigenvalue weighted by Crippen LogP contribution is 2.80. The third-order valence-corrected chi connectivity index (χ3v) is 21.4. The molecule has 0 nitrogen and oxygen atoms in total. The van der Waals surface area contributed by atoms with Gasteiger partial charge >= 0.3 is 0 Å². The molecule has 8 fully saturated rings. The van der Waals surface area contributed by atoms with Crippen LogP contribution in [0.3, 0.4) is 0 Å². The van der Waals surface area contributed by atoms with Crippen LogP contribution >= 0.6 is 15.8 Å². The van der Waals surface area contributed by atoms with E-state index < -0.39 is 0 Å². The first-order chi connectivity index (χ1) is 19.5. The van der Waals surface area contributed by atoms with Gasteiger partial charge < -0.3 is 0 Å². The van der Waals surface area contributed by atoms with E-state index in [1.165, 1.54) is 12.3 Å². The summed E-state index contributed by atoms with van der Waals surface area (Å²) in [5, 5.41) is 2.17. The van der Waals surface area contributed by atoms with Crippen LogP contribution in [0.4, 0.5) is 0 Å². The van der Waals surface area contributed by atoms with Gasteiger partial charge in [0.25, 0.3) is 0 Å². The van der Waals surface area contributed by atoms with E-state index in [9.17, 15) is 0 Å². The molecule has 0 saturated heterocycles. The van der Waals surface area contributed by atoms with Crippen LogP contribution in [0, 0.1) is 35.5 Å². The normalized spacial score (nSPS) is 39.9. The lowest BCUT2D eigenvalue weighted by Crippen LogP contribution is -2.56. The van der Waals surface area contributed by atoms with Crippen LogP contribution in [-0.2, 0) is 17.7 Å². The van der Waals surface area contributed by atoms with E-state index in [2.05, 4.69) is 80.5 Å². The minimum Gasteiger partial charge on any atom is -0.0911 e. The van der Waals surface area contributed by atoms with Crippen LogP contribution in [-0.4, -0.2) is 20.6 Å². The van der Waals surface area contributed by atoms with Gasteiger partial charge in [0.2, 0.25) is 0 Å². The maximum atomic E-state index is 2.78. The summed E-state index contributed by atoms with van der Waals surface area (Å²) < 4.78 is 0. The van der Waals surface area contributed by atoms with Gasteiger partial charge in [-0.1, -0.05) is 96.4 Å². The van der Waals surface area contributed by atoms with E-state index in [1.807, 2.05) is 5.56 Å².